The highest BCUT2D eigenvalue weighted by molar-refractivity contribution is 5.94. The molecule has 1 aliphatic rings. The minimum Gasteiger partial charge on any atom is -0.463 e. The van der Waals surface area contributed by atoms with E-state index in [9.17, 15) is 23.2 Å². The molecule has 30 heavy (non-hydrogen) atoms. The Hall–Kier alpha value is -1.59. The second kappa shape index (κ2) is 13.7. The molecule has 1 aliphatic carbocycles. The first-order valence-corrected chi connectivity index (χ1v) is 11.5. The van der Waals surface area contributed by atoms with Gasteiger partial charge in [-0.15, -0.1) is 0 Å². The third kappa shape index (κ3) is 9.94. The van der Waals surface area contributed by atoms with Crippen LogP contribution in [0.5, 0.6) is 0 Å². The molecule has 0 aliphatic heterocycles. The number of esters is 1. The fourth-order valence-corrected chi connectivity index (χ4v) is 3.87. The summed E-state index contributed by atoms with van der Waals surface area (Å²) in [5, 5.41) is 0. The molecule has 0 aromatic heterocycles. The van der Waals surface area contributed by atoms with E-state index in [0.29, 0.717) is 32.1 Å². The summed E-state index contributed by atoms with van der Waals surface area (Å²) < 4.78 is 33.0. The summed E-state index contributed by atoms with van der Waals surface area (Å²) in [4.78, 5) is 35.6. The molecular weight excluding hydrogens is 390 g/mol. The second-order valence-corrected chi connectivity index (χ2v) is 8.65. The van der Waals surface area contributed by atoms with Gasteiger partial charge in [0.05, 0.1) is 6.10 Å². The highest BCUT2D eigenvalue weighted by Crippen LogP contribution is 2.33. The van der Waals surface area contributed by atoms with Crippen molar-refractivity contribution in [2.45, 2.75) is 110 Å². The standard InChI is InChI=1S/C24H38F2O4/c1-4-5-10-17-24(25,26)22(28)16-14-19-13-15-21(27)20(19)11-8-6-7-9-12-23(29)30-18(2)3/h13,15,18-20H,4-12,14,16-17H2,1-3H3/t19-,20-/m1/s1. The largest absolute Gasteiger partial charge is 0.463 e. The van der Waals surface area contributed by atoms with Crippen LogP contribution in [0.25, 0.3) is 0 Å². The predicted octanol–water partition coefficient (Wildman–Crippen LogP) is 6.21. The summed E-state index contributed by atoms with van der Waals surface area (Å²) in [5.74, 6) is -4.75. The number of rotatable bonds is 16. The number of carbonyl (C=O) groups excluding carboxylic acids is 3. The number of halogens is 2. The fourth-order valence-electron chi connectivity index (χ4n) is 3.87. The lowest BCUT2D eigenvalue weighted by Gasteiger charge is -2.20. The van der Waals surface area contributed by atoms with Crippen LogP contribution in [0.1, 0.15) is 97.8 Å². The maximum Gasteiger partial charge on any atom is 0.306 e. The molecule has 4 nitrogen and oxygen atoms in total. The van der Waals surface area contributed by atoms with Gasteiger partial charge in [-0.3, -0.25) is 14.4 Å². The quantitative estimate of drug-likeness (QED) is 0.216. The number of ether oxygens (including phenoxy) is 1. The van der Waals surface area contributed by atoms with E-state index in [-0.39, 0.29) is 42.5 Å². The van der Waals surface area contributed by atoms with Crippen LogP contribution in [-0.2, 0) is 19.1 Å². The van der Waals surface area contributed by atoms with E-state index in [1.165, 1.54) is 6.08 Å². The number of carbonyl (C=O) groups is 3. The summed E-state index contributed by atoms with van der Waals surface area (Å²) >= 11 is 0. The molecule has 2 atom stereocenters. The van der Waals surface area contributed by atoms with Gasteiger partial charge in [-0.25, -0.2) is 0 Å². The van der Waals surface area contributed by atoms with Crippen LogP contribution in [0.2, 0.25) is 0 Å². The maximum atomic E-state index is 14.0. The van der Waals surface area contributed by atoms with Crippen LogP contribution in [0.4, 0.5) is 8.78 Å². The predicted molar refractivity (Wildman–Crippen MR) is 113 cm³/mol. The number of Topliss-reactive ketones (excluding diaryl/α,β-unsaturated/α-hetero) is 1. The molecule has 0 unspecified atom stereocenters. The number of hydrogen-bond donors (Lipinski definition) is 0. The van der Waals surface area contributed by atoms with Crippen molar-refractivity contribution >= 4 is 17.5 Å². The Morgan fingerprint density at radius 1 is 1.03 bits per heavy atom. The second-order valence-electron chi connectivity index (χ2n) is 8.65. The number of unbranched alkanes of at least 4 members (excludes halogenated alkanes) is 5. The van der Waals surface area contributed by atoms with E-state index >= 15 is 0 Å². The highest BCUT2D eigenvalue weighted by atomic mass is 19.3. The van der Waals surface area contributed by atoms with Gasteiger partial charge in [-0.2, -0.15) is 8.78 Å². The van der Waals surface area contributed by atoms with Gasteiger partial charge in [-0.1, -0.05) is 45.1 Å². The molecule has 0 N–H and O–H groups in total. The van der Waals surface area contributed by atoms with Crippen molar-refractivity contribution < 1.29 is 27.9 Å². The van der Waals surface area contributed by atoms with Crippen molar-refractivity contribution in [3.8, 4) is 0 Å². The van der Waals surface area contributed by atoms with Crippen molar-refractivity contribution in [1.29, 1.82) is 0 Å². The number of alkyl halides is 2. The molecule has 0 radical (unpaired) electrons. The van der Waals surface area contributed by atoms with Gasteiger partial charge in [-0.05, 0) is 51.5 Å². The Morgan fingerprint density at radius 2 is 1.73 bits per heavy atom. The zero-order valence-corrected chi connectivity index (χ0v) is 18.8. The van der Waals surface area contributed by atoms with Crippen molar-refractivity contribution in [2.24, 2.45) is 11.8 Å². The number of allylic oxidation sites excluding steroid dienone is 2. The topological polar surface area (TPSA) is 60.4 Å². The minimum atomic E-state index is -3.26. The van der Waals surface area contributed by atoms with Gasteiger partial charge in [0.25, 0.3) is 0 Å². The monoisotopic (exact) mass is 428 g/mol. The molecule has 0 amide bonds. The van der Waals surface area contributed by atoms with Crippen LogP contribution in [0.3, 0.4) is 0 Å². The smallest absolute Gasteiger partial charge is 0.306 e. The first-order chi connectivity index (χ1) is 14.2. The van der Waals surface area contributed by atoms with Gasteiger partial charge in [0.2, 0.25) is 5.78 Å². The van der Waals surface area contributed by atoms with E-state index in [2.05, 4.69) is 0 Å². The zero-order chi connectivity index (χ0) is 22.6. The van der Waals surface area contributed by atoms with Crippen LogP contribution in [0.15, 0.2) is 12.2 Å². The van der Waals surface area contributed by atoms with Crippen molar-refractivity contribution in [1.82, 2.24) is 0 Å². The first-order valence-electron chi connectivity index (χ1n) is 11.5. The summed E-state index contributed by atoms with van der Waals surface area (Å²) in [7, 11) is 0. The zero-order valence-electron chi connectivity index (χ0n) is 18.8. The van der Waals surface area contributed by atoms with E-state index in [4.69, 9.17) is 4.74 Å². The molecule has 0 spiro atoms. The van der Waals surface area contributed by atoms with Gasteiger partial charge < -0.3 is 4.74 Å². The van der Waals surface area contributed by atoms with Gasteiger partial charge in [0, 0.05) is 25.2 Å². The molecule has 0 saturated heterocycles. The molecule has 0 saturated carbocycles. The summed E-state index contributed by atoms with van der Waals surface area (Å²) in [6, 6.07) is 0. The third-order valence-electron chi connectivity index (χ3n) is 5.61. The lowest BCUT2D eigenvalue weighted by atomic mass is 9.85. The Morgan fingerprint density at radius 3 is 2.40 bits per heavy atom. The molecule has 0 heterocycles. The SMILES string of the molecule is CCCCCC(F)(F)C(=O)CC[C@H]1C=CC(=O)[C@@H]1CCCCCCC(=O)OC(C)C. The van der Waals surface area contributed by atoms with Gasteiger partial charge >= 0.3 is 11.9 Å². The molecule has 1 rings (SSSR count). The molecular formula is C24H38F2O4. The van der Waals surface area contributed by atoms with Gasteiger partial charge in [0.15, 0.2) is 5.78 Å². The average molecular weight is 429 g/mol. The molecule has 0 fully saturated rings. The van der Waals surface area contributed by atoms with E-state index in [0.717, 1.165) is 32.1 Å². The first kappa shape index (κ1) is 26.4. The Labute approximate surface area is 179 Å². The van der Waals surface area contributed by atoms with Crippen LogP contribution >= 0.6 is 0 Å². The molecule has 0 aromatic carbocycles. The van der Waals surface area contributed by atoms with Crippen molar-refractivity contribution in [3.05, 3.63) is 12.2 Å². The normalized spacial score (nSPS) is 18.9. The average Bonchev–Trinajstić information content (AvgIpc) is 3.01. The summed E-state index contributed by atoms with van der Waals surface area (Å²) in [5.41, 5.74) is 0. The lowest BCUT2D eigenvalue weighted by Crippen LogP contribution is -2.29. The van der Waals surface area contributed by atoms with E-state index in [1.807, 2.05) is 20.8 Å². The summed E-state index contributed by atoms with van der Waals surface area (Å²) in [6.07, 6.45) is 9.31. The van der Waals surface area contributed by atoms with Crippen LogP contribution in [-0.4, -0.2) is 29.6 Å². The molecule has 172 valence electrons. The minimum absolute atomic E-state index is 0.0302. The molecule has 6 heteroatoms. The molecule has 0 aromatic rings. The third-order valence-corrected chi connectivity index (χ3v) is 5.61. The highest BCUT2D eigenvalue weighted by Gasteiger charge is 2.38. The van der Waals surface area contributed by atoms with Crippen molar-refractivity contribution in [2.75, 3.05) is 0 Å². The summed E-state index contributed by atoms with van der Waals surface area (Å²) in [6.45, 7) is 5.58. The number of hydrogen-bond acceptors (Lipinski definition) is 4. The van der Waals surface area contributed by atoms with Gasteiger partial charge in [0.1, 0.15) is 0 Å². The fraction of sp³-hybridized carbons (Fsp3) is 0.792. The van der Waals surface area contributed by atoms with Crippen LogP contribution < -0.4 is 0 Å². The number of ketones is 2. The van der Waals surface area contributed by atoms with E-state index in [1.54, 1.807) is 6.08 Å². The van der Waals surface area contributed by atoms with E-state index < -0.39 is 11.7 Å². The lowest BCUT2D eigenvalue weighted by molar-refractivity contribution is -0.147. The Kier molecular flexibility index (Phi) is 12.0. The Balaban J connectivity index is 2.30. The maximum absolute atomic E-state index is 14.0. The Bertz CT molecular complexity index is 584. The van der Waals surface area contributed by atoms with Crippen molar-refractivity contribution in [3.63, 3.8) is 0 Å². The molecule has 0 bridgehead atoms. The van der Waals surface area contributed by atoms with Crippen LogP contribution in [0, 0.1) is 11.8 Å².